The average Bonchev–Trinajstić information content (AvgIpc) is 2.58. The van der Waals surface area contributed by atoms with E-state index in [4.69, 9.17) is 15.9 Å². The molecular formula is C14H21NO6. The maximum absolute atomic E-state index is 12.0. The molecule has 0 aliphatic heterocycles. The fraction of sp³-hybridized carbons (Fsp3) is 0.714. The summed E-state index contributed by atoms with van der Waals surface area (Å²) < 4.78 is 0. The molecule has 0 aromatic heterocycles. The second kappa shape index (κ2) is 7.87. The lowest BCUT2D eigenvalue weighted by Gasteiger charge is -2.12. The van der Waals surface area contributed by atoms with Crippen molar-refractivity contribution in [1.29, 1.82) is 0 Å². The van der Waals surface area contributed by atoms with Gasteiger partial charge in [0.25, 0.3) is 0 Å². The van der Waals surface area contributed by atoms with Crippen LogP contribution >= 0.6 is 0 Å². The predicted molar refractivity (Wildman–Crippen MR) is 72.6 cm³/mol. The molecule has 1 rings (SSSR count). The summed E-state index contributed by atoms with van der Waals surface area (Å²) in [6.45, 7) is 0. The van der Waals surface area contributed by atoms with E-state index in [0.29, 0.717) is 19.3 Å². The molecule has 21 heavy (non-hydrogen) atoms. The number of hydrogen-bond acceptors (Lipinski definition) is 5. The summed E-state index contributed by atoms with van der Waals surface area (Å²) >= 11 is 0. The van der Waals surface area contributed by atoms with Crippen LogP contribution in [0.5, 0.6) is 0 Å². The molecule has 1 saturated carbocycles. The maximum atomic E-state index is 12.0. The van der Waals surface area contributed by atoms with Crippen LogP contribution in [0.2, 0.25) is 0 Å². The summed E-state index contributed by atoms with van der Waals surface area (Å²) in [6, 6.07) is -1.07. The van der Waals surface area contributed by atoms with Crippen molar-refractivity contribution < 1.29 is 29.4 Å². The molecule has 0 spiro atoms. The van der Waals surface area contributed by atoms with Crippen LogP contribution in [0.3, 0.4) is 0 Å². The second-order valence-electron chi connectivity index (χ2n) is 5.56. The molecule has 3 atom stereocenters. The van der Waals surface area contributed by atoms with Crippen LogP contribution in [0.1, 0.15) is 44.9 Å². The standard InChI is InChI=1S/C14H21NO6/c15-11(14(20)21)5-4-10(16)6-8-2-1-3-9(13(18)19)7-12(8)17/h8-9,11H,1-7,15H2,(H,18,19)(H,20,21)/t8?,9?,11-/m0/s1. The van der Waals surface area contributed by atoms with Gasteiger partial charge in [-0.15, -0.1) is 0 Å². The molecule has 1 aliphatic carbocycles. The Hall–Kier alpha value is -1.76. The van der Waals surface area contributed by atoms with Crippen molar-refractivity contribution in [3.8, 4) is 0 Å². The van der Waals surface area contributed by atoms with Crippen molar-refractivity contribution in [3.05, 3.63) is 0 Å². The van der Waals surface area contributed by atoms with E-state index in [9.17, 15) is 19.2 Å². The smallest absolute Gasteiger partial charge is 0.320 e. The van der Waals surface area contributed by atoms with E-state index in [1.54, 1.807) is 0 Å². The van der Waals surface area contributed by atoms with E-state index >= 15 is 0 Å². The zero-order chi connectivity index (χ0) is 16.0. The normalized spacial score (nSPS) is 24.1. The Labute approximate surface area is 122 Å². The number of carbonyl (C=O) groups is 4. The van der Waals surface area contributed by atoms with Gasteiger partial charge in [-0.3, -0.25) is 19.2 Å². The number of rotatable bonds is 7. The molecule has 118 valence electrons. The van der Waals surface area contributed by atoms with Gasteiger partial charge in [-0.05, 0) is 19.3 Å². The van der Waals surface area contributed by atoms with Gasteiger partial charge in [-0.25, -0.2) is 0 Å². The zero-order valence-electron chi connectivity index (χ0n) is 11.8. The highest BCUT2D eigenvalue weighted by atomic mass is 16.4. The summed E-state index contributed by atoms with van der Waals surface area (Å²) in [7, 11) is 0. The lowest BCUT2D eigenvalue weighted by Crippen LogP contribution is -2.30. The van der Waals surface area contributed by atoms with Gasteiger partial charge in [0.15, 0.2) is 0 Å². The summed E-state index contributed by atoms with van der Waals surface area (Å²) in [5.74, 6) is -3.60. The largest absolute Gasteiger partial charge is 0.481 e. The first-order chi connectivity index (χ1) is 9.81. The number of carboxylic acids is 2. The van der Waals surface area contributed by atoms with E-state index < -0.39 is 29.8 Å². The van der Waals surface area contributed by atoms with Crippen molar-refractivity contribution in [2.45, 2.75) is 51.0 Å². The predicted octanol–water partition coefficient (Wildman–Crippen LogP) is 0.598. The van der Waals surface area contributed by atoms with Crippen LogP contribution in [0.15, 0.2) is 0 Å². The van der Waals surface area contributed by atoms with Gasteiger partial charge in [0.1, 0.15) is 17.6 Å². The lowest BCUT2D eigenvalue weighted by atomic mass is 9.90. The quantitative estimate of drug-likeness (QED) is 0.586. The monoisotopic (exact) mass is 299 g/mol. The van der Waals surface area contributed by atoms with Crippen LogP contribution in [0.4, 0.5) is 0 Å². The van der Waals surface area contributed by atoms with Crippen molar-refractivity contribution in [2.75, 3.05) is 0 Å². The minimum atomic E-state index is -1.15. The molecule has 1 aliphatic rings. The lowest BCUT2D eigenvalue weighted by molar-refractivity contribution is -0.144. The molecule has 7 nitrogen and oxygen atoms in total. The summed E-state index contributed by atoms with van der Waals surface area (Å²) in [5.41, 5.74) is 5.32. The highest BCUT2D eigenvalue weighted by molar-refractivity contribution is 5.90. The highest BCUT2D eigenvalue weighted by Crippen LogP contribution is 2.27. The number of carbonyl (C=O) groups excluding carboxylic acids is 2. The Morgan fingerprint density at radius 3 is 2.48 bits per heavy atom. The highest BCUT2D eigenvalue weighted by Gasteiger charge is 2.31. The van der Waals surface area contributed by atoms with Gasteiger partial charge < -0.3 is 15.9 Å². The fourth-order valence-electron chi connectivity index (χ4n) is 2.53. The number of nitrogens with two attached hydrogens (primary N) is 1. The second-order valence-corrected chi connectivity index (χ2v) is 5.56. The third kappa shape index (κ3) is 5.63. The first-order valence-electron chi connectivity index (χ1n) is 7.06. The number of hydrogen-bond donors (Lipinski definition) is 3. The number of carboxylic acid groups (broad SMARTS) is 2. The van der Waals surface area contributed by atoms with E-state index in [0.717, 1.165) is 0 Å². The Morgan fingerprint density at radius 1 is 1.24 bits per heavy atom. The minimum absolute atomic E-state index is 0.0259. The Kier molecular flexibility index (Phi) is 6.48. The number of ketones is 2. The van der Waals surface area contributed by atoms with E-state index in [1.807, 2.05) is 0 Å². The van der Waals surface area contributed by atoms with E-state index in [1.165, 1.54) is 0 Å². The summed E-state index contributed by atoms with van der Waals surface area (Å²) in [4.78, 5) is 45.3. The van der Waals surface area contributed by atoms with E-state index in [-0.39, 0.29) is 37.2 Å². The van der Waals surface area contributed by atoms with Crippen LogP contribution < -0.4 is 5.73 Å². The molecule has 0 heterocycles. The first kappa shape index (κ1) is 17.3. The molecule has 7 heteroatoms. The average molecular weight is 299 g/mol. The maximum Gasteiger partial charge on any atom is 0.320 e. The Bertz CT molecular complexity index is 433. The van der Waals surface area contributed by atoms with Gasteiger partial charge in [0.05, 0.1) is 5.92 Å². The van der Waals surface area contributed by atoms with Gasteiger partial charge in [-0.2, -0.15) is 0 Å². The third-order valence-corrected chi connectivity index (χ3v) is 3.88. The van der Waals surface area contributed by atoms with Gasteiger partial charge in [-0.1, -0.05) is 6.42 Å². The Balaban J connectivity index is 2.46. The SMILES string of the molecule is N[C@@H](CCC(=O)CC1CCCC(C(=O)O)CC1=O)C(=O)O. The molecule has 0 bridgehead atoms. The molecular weight excluding hydrogens is 278 g/mol. The zero-order valence-corrected chi connectivity index (χ0v) is 11.8. The Morgan fingerprint density at radius 2 is 1.90 bits per heavy atom. The molecule has 0 aromatic rings. The van der Waals surface area contributed by atoms with Crippen molar-refractivity contribution in [3.63, 3.8) is 0 Å². The third-order valence-electron chi connectivity index (χ3n) is 3.88. The fourth-order valence-corrected chi connectivity index (χ4v) is 2.53. The van der Waals surface area contributed by atoms with Crippen LogP contribution in [-0.4, -0.2) is 39.8 Å². The summed E-state index contributed by atoms with van der Waals surface area (Å²) in [6.07, 6.45) is 1.68. The first-order valence-corrected chi connectivity index (χ1v) is 7.06. The van der Waals surface area contributed by atoms with Crippen LogP contribution in [-0.2, 0) is 19.2 Å². The molecule has 4 N–H and O–H groups in total. The molecule has 0 saturated heterocycles. The topological polar surface area (TPSA) is 135 Å². The minimum Gasteiger partial charge on any atom is -0.481 e. The summed E-state index contributed by atoms with van der Waals surface area (Å²) in [5, 5.41) is 17.6. The van der Waals surface area contributed by atoms with Crippen molar-refractivity contribution >= 4 is 23.5 Å². The van der Waals surface area contributed by atoms with Gasteiger partial charge >= 0.3 is 11.9 Å². The molecule has 1 fully saturated rings. The number of Topliss-reactive ketones (excluding diaryl/α,β-unsaturated/α-hetero) is 2. The van der Waals surface area contributed by atoms with Gasteiger partial charge in [0, 0.05) is 25.2 Å². The van der Waals surface area contributed by atoms with Crippen LogP contribution in [0.25, 0.3) is 0 Å². The van der Waals surface area contributed by atoms with Gasteiger partial charge in [0.2, 0.25) is 0 Å². The van der Waals surface area contributed by atoms with Crippen molar-refractivity contribution in [1.82, 2.24) is 0 Å². The molecule has 0 aromatic carbocycles. The van der Waals surface area contributed by atoms with Crippen LogP contribution in [0, 0.1) is 11.8 Å². The van der Waals surface area contributed by atoms with E-state index in [2.05, 4.69) is 0 Å². The van der Waals surface area contributed by atoms with Crippen molar-refractivity contribution in [2.24, 2.45) is 17.6 Å². The number of aliphatic carboxylic acids is 2. The molecule has 2 unspecified atom stereocenters. The molecule has 0 radical (unpaired) electrons. The molecule has 0 amide bonds.